The van der Waals surface area contributed by atoms with Gasteiger partial charge in [-0.25, -0.2) is 0 Å². The molecule has 0 atom stereocenters. The van der Waals surface area contributed by atoms with Crippen molar-refractivity contribution in [3.05, 3.63) is 44.0 Å². The SMILES string of the molecule is CCCCCCOC(=O)Cc1ccc([N+](=O)[O-])cc1[N+](=O)[O-]. The summed E-state index contributed by atoms with van der Waals surface area (Å²) in [6, 6.07) is 3.20. The number of hydrogen-bond donors (Lipinski definition) is 0. The van der Waals surface area contributed by atoms with Crippen LogP contribution in [0.5, 0.6) is 0 Å². The normalized spacial score (nSPS) is 10.2. The summed E-state index contributed by atoms with van der Waals surface area (Å²) in [7, 11) is 0. The summed E-state index contributed by atoms with van der Waals surface area (Å²) in [6.07, 6.45) is 3.57. The topological polar surface area (TPSA) is 113 Å². The van der Waals surface area contributed by atoms with Gasteiger partial charge in [0.1, 0.15) is 0 Å². The maximum absolute atomic E-state index is 11.7. The van der Waals surface area contributed by atoms with Crippen LogP contribution >= 0.6 is 0 Å². The molecule has 8 heteroatoms. The number of benzene rings is 1. The number of esters is 1. The molecular formula is C14H18N2O6. The van der Waals surface area contributed by atoms with Crippen molar-refractivity contribution >= 4 is 17.3 Å². The molecule has 0 heterocycles. The zero-order valence-corrected chi connectivity index (χ0v) is 12.3. The van der Waals surface area contributed by atoms with Gasteiger partial charge in [-0.1, -0.05) is 26.2 Å². The van der Waals surface area contributed by atoms with Crippen LogP contribution in [0.1, 0.15) is 38.2 Å². The Kier molecular flexibility index (Phi) is 6.94. The largest absolute Gasteiger partial charge is 0.465 e. The Morgan fingerprint density at radius 2 is 1.86 bits per heavy atom. The minimum atomic E-state index is -0.739. The molecule has 0 aromatic heterocycles. The first-order chi connectivity index (χ1) is 10.5. The first-order valence-electron chi connectivity index (χ1n) is 7.03. The van der Waals surface area contributed by atoms with Crippen LogP contribution in [0, 0.1) is 20.2 Å². The van der Waals surface area contributed by atoms with Gasteiger partial charge in [0.2, 0.25) is 0 Å². The number of unbranched alkanes of at least 4 members (excludes halogenated alkanes) is 3. The number of ether oxygens (including phenoxy) is 1. The van der Waals surface area contributed by atoms with E-state index in [-0.39, 0.29) is 24.3 Å². The van der Waals surface area contributed by atoms with Crippen molar-refractivity contribution in [3.63, 3.8) is 0 Å². The van der Waals surface area contributed by atoms with Crippen molar-refractivity contribution in [2.24, 2.45) is 0 Å². The highest BCUT2D eigenvalue weighted by atomic mass is 16.6. The summed E-state index contributed by atoms with van der Waals surface area (Å²) in [4.78, 5) is 31.8. The van der Waals surface area contributed by atoms with Crippen LogP contribution in [-0.4, -0.2) is 22.4 Å². The predicted molar refractivity (Wildman–Crippen MR) is 78.6 cm³/mol. The highest BCUT2D eigenvalue weighted by molar-refractivity contribution is 5.74. The van der Waals surface area contributed by atoms with Crippen LogP contribution < -0.4 is 0 Å². The molecule has 22 heavy (non-hydrogen) atoms. The van der Waals surface area contributed by atoms with Gasteiger partial charge in [0, 0.05) is 11.6 Å². The molecule has 1 aromatic rings. The Hall–Kier alpha value is -2.51. The fraction of sp³-hybridized carbons (Fsp3) is 0.500. The fourth-order valence-corrected chi connectivity index (χ4v) is 1.91. The third kappa shape index (κ3) is 5.47. The van der Waals surface area contributed by atoms with Crippen LogP contribution in [0.15, 0.2) is 18.2 Å². The summed E-state index contributed by atoms with van der Waals surface area (Å²) < 4.78 is 5.01. The Bertz CT molecular complexity index is 558. The number of nitrogens with zero attached hydrogens (tertiary/aromatic N) is 2. The second-order valence-electron chi connectivity index (χ2n) is 4.79. The van der Waals surface area contributed by atoms with E-state index in [2.05, 4.69) is 6.92 Å². The highest BCUT2D eigenvalue weighted by Crippen LogP contribution is 2.25. The van der Waals surface area contributed by atoms with Crippen LogP contribution in [0.2, 0.25) is 0 Å². The zero-order valence-electron chi connectivity index (χ0n) is 12.3. The van der Waals surface area contributed by atoms with E-state index >= 15 is 0 Å². The van der Waals surface area contributed by atoms with E-state index in [1.807, 2.05) is 0 Å². The van der Waals surface area contributed by atoms with E-state index in [9.17, 15) is 25.0 Å². The van der Waals surface area contributed by atoms with Gasteiger partial charge < -0.3 is 4.74 Å². The molecule has 0 radical (unpaired) electrons. The lowest BCUT2D eigenvalue weighted by Crippen LogP contribution is -2.10. The van der Waals surface area contributed by atoms with Gasteiger partial charge in [-0.05, 0) is 12.5 Å². The van der Waals surface area contributed by atoms with Gasteiger partial charge in [-0.2, -0.15) is 0 Å². The Labute approximate surface area is 127 Å². The standard InChI is InChI=1S/C14H18N2O6/c1-2-3-4-5-8-22-14(17)9-11-6-7-12(15(18)19)10-13(11)16(20)21/h6-7,10H,2-5,8-9H2,1H3. The third-order valence-electron chi connectivity index (χ3n) is 3.07. The van der Waals surface area contributed by atoms with E-state index in [1.54, 1.807) is 0 Å². The molecular weight excluding hydrogens is 292 g/mol. The maximum Gasteiger partial charge on any atom is 0.310 e. The van der Waals surface area contributed by atoms with Gasteiger partial charge >= 0.3 is 5.97 Å². The number of non-ortho nitro benzene ring substituents is 1. The molecule has 0 saturated heterocycles. The number of hydrogen-bond acceptors (Lipinski definition) is 6. The molecule has 1 aromatic carbocycles. The van der Waals surface area contributed by atoms with Crippen molar-refractivity contribution in [3.8, 4) is 0 Å². The van der Waals surface area contributed by atoms with Crippen LogP contribution in [-0.2, 0) is 16.0 Å². The van der Waals surface area contributed by atoms with Crippen molar-refractivity contribution in [2.75, 3.05) is 6.61 Å². The summed E-state index contributed by atoms with van der Waals surface area (Å²) in [5, 5.41) is 21.6. The number of nitro benzene ring substituents is 2. The molecule has 0 unspecified atom stereocenters. The smallest absolute Gasteiger partial charge is 0.310 e. The van der Waals surface area contributed by atoms with Crippen LogP contribution in [0.25, 0.3) is 0 Å². The first kappa shape index (κ1) is 17.5. The molecule has 0 bridgehead atoms. The number of carbonyl (C=O) groups excluding carboxylic acids is 1. The number of rotatable bonds is 9. The molecule has 0 N–H and O–H groups in total. The Morgan fingerprint density at radius 3 is 2.45 bits per heavy atom. The van der Waals surface area contributed by atoms with Crippen LogP contribution in [0.4, 0.5) is 11.4 Å². The quantitative estimate of drug-likeness (QED) is 0.299. The highest BCUT2D eigenvalue weighted by Gasteiger charge is 2.21. The molecule has 0 saturated carbocycles. The summed E-state index contributed by atoms with van der Waals surface area (Å²) in [5.41, 5.74) is -0.727. The molecule has 0 aliphatic rings. The average Bonchev–Trinajstić information content (AvgIpc) is 2.47. The minimum Gasteiger partial charge on any atom is -0.465 e. The average molecular weight is 310 g/mol. The lowest BCUT2D eigenvalue weighted by Gasteiger charge is -2.05. The van der Waals surface area contributed by atoms with E-state index in [1.165, 1.54) is 6.07 Å². The number of nitro groups is 2. The molecule has 8 nitrogen and oxygen atoms in total. The van der Waals surface area contributed by atoms with Gasteiger partial charge in [-0.3, -0.25) is 25.0 Å². The van der Waals surface area contributed by atoms with Gasteiger partial charge in [0.25, 0.3) is 11.4 Å². The van der Waals surface area contributed by atoms with Crippen LogP contribution in [0.3, 0.4) is 0 Å². The molecule has 0 amide bonds. The Morgan fingerprint density at radius 1 is 1.14 bits per heavy atom. The van der Waals surface area contributed by atoms with E-state index < -0.39 is 21.5 Å². The van der Waals surface area contributed by atoms with Gasteiger partial charge in [0.15, 0.2) is 0 Å². The predicted octanol–water partition coefficient (Wildman–Crippen LogP) is 3.17. The van der Waals surface area contributed by atoms with E-state index in [0.29, 0.717) is 0 Å². The molecule has 1 rings (SSSR count). The maximum atomic E-state index is 11.7. The van der Waals surface area contributed by atoms with E-state index in [0.717, 1.165) is 37.8 Å². The lowest BCUT2D eigenvalue weighted by molar-refractivity contribution is -0.394. The minimum absolute atomic E-state index is 0.106. The fourth-order valence-electron chi connectivity index (χ4n) is 1.91. The Balaban J connectivity index is 2.66. The summed E-state index contributed by atoms with van der Waals surface area (Å²) in [5.74, 6) is -0.576. The molecule has 0 fully saturated rings. The molecule has 120 valence electrons. The first-order valence-corrected chi connectivity index (χ1v) is 7.03. The zero-order chi connectivity index (χ0) is 16.5. The van der Waals surface area contributed by atoms with Crippen molar-refractivity contribution in [1.29, 1.82) is 0 Å². The molecule has 0 spiro atoms. The second-order valence-corrected chi connectivity index (χ2v) is 4.79. The second kappa shape index (κ2) is 8.71. The van der Waals surface area contributed by atoms with Gasteiger partial charge in [-0.15, -0.1) is 0 Å². The third-order valence-corrected chi connectivity index (χ3v) is 3.07. The summed E-state index contributed by atoms with van der Waals surface area (Å²) >= 11 is 0. The molecule has 0 aliphatic heterocycles. The van der Waals surface area contributed by atoms with Gasteiger partial charge in [0.05, 0.1) is 28.9 Å². The molecule has 0 aliphatic carbocycles. The van der Waals surface area contributed by atoms with Crippen molar-refractivity contribution in [2.45, 2.75) is 39.0 Å². The lowest BCUT2D eigenvalue weighted by atomic mass is 10.1. The monoisotopic (exact) mass is 310 g/mol. The number of carbonyl (C=O) groups is 1. The van der Waals surface area contributed by atoms with Crippen molar-refractivity contribution in [1.82, 2.24) is 0 Å². The van der Waals surface area contributed by atoms with Crippen molar-refractivity contribution < 1.29 is 19.4 Å². The summed E-state index contributed by atoms with van der Waals surface area (Å²) in [6.45, 7) is 2.35. The van der Waals surface area contributed by atoms with E-state index in [4.69, 9.17) is 4.74 Å².